The van der Waals surface area contributed by atoms with Crippen LogP contribution in [0.2, 0.25) is 0 Å². The first-order valence-electron chi connectivity index (χ1n) is 7.53. The van der Waals surface area contributed by atoms with Crippen LogP contribution in [0.4, 0.5) is 18.9 Å². The Morgan fingerprint density at radius 2 is 1.83 bits per heavy atom. The third-order valence-corrected chi connectivity index (χ3v) is 3.47. The first-order chi connectivity index (χ1) is 10.9. The predicted octanol–water partition coefficient (Wildman–Crippen LogP) is 5.28. The molecule has 0 saturated heterocycles. The van der Waals surface area contributed by atoms with Gasteiger partial charge in [-0.05, 0) is 49.2 Å². The molecule has 0 spiro atoms. The SMILES string of the molecule is CCC(CNc1cccc(C(F)(F)F)c1)Oc1cccc(C)c1. The molecule has 0 heterocycles. The van der Waals surface area contributed by atoms with E-state index in [1.165, 1.54) is 6.07 Å². The molecule has 5 heteroatoms. The Hall–Kier alpha value is -2.17. The Morgan fingerprint density at radius 1 is 1.09 bits per heavy atom. The Labute approximate surface area is 134 Å². The first-order valence-corrected chi connectivity index (χ1v) is 7.53. The minimum Gasteiger partial charge on any atom is -0.489 e. The minimum atomic E-state index is -4.33. The maximum Gasteiger partial charge on any atom is 0.416 e. The van der Waals surface area contributed by atoms with Gasteiger partial charge in [0.2, 0.25) is 0 Å². The molecular weight excluding hydrogens is 303 g/mol. The summed E-state index contributed by atoms with van der Waals surface area (Å²) in [5.74, 6) is 0.766. The van der Waals surface area contributed by atoms with Crippen molar-refractivity contribution in [2.75, 3.05) is 11.9 Å². The Kier molecular flexibility index (Phi) is 5.53. The fraction of sp³-hybridized carbons (Fsp3) is 0.333. The average Bonchev–Trinajstić information content (AvgIpc) is 2.51. The van der Waals surface area contributed by atoms with E-state index in [1.54, 1.807) is 6.07 Å². The van der Waals surface area contributed by atoms with E-state index in [0.29, 0.717) is 12.2 Å². The topological polar surface area (TPSA) is 21.3 Å². The van der Waals surface area contributed by atoms with Crippen LogP contribution in [0.3, 0.4) is 0 Å². The van der Waals surface area contributed by atoms with Crippen LogP contribution < -0.4 is 10.1 Å². The van der Waals surface area contributed by atoms with Crippen molar-refractivity contribution in [2.24, 2.45) is 0 Å². The van der Waals surface area contributed by atoms with Crippen LogP contribution in [0.25, 0.3) is 0 Å². The number of alkyl halides is 3. The fourth-order valence-electron chi connectivity index (χ4n) is 2.19. The standard InChI is InChI=1S/C18H20F3NO/c1-3-16(23-17-9-4-6-13(2)10-17)12-22-15-8-5-7-14(11-15)18(19,20)21/h4-11,16,22H,3,12H2,1-2H3. The van der Waals surface area contributed by atoms with Gasteiger partial charge in [-0.25, -0.2) is 0 Å². The van der Waals surface area contributed by atoms with Gasteiger partial charge in [-0.3, -0.25) is 0 Å². The van der Waals surface area contributed by atoms with E-state index in [2.05, 4.69) is 5.32 Å². The fourth-order valence-corrected chi connectivity index (χ4v) is 2.19. The van der Waals surface area contributed by atoms with Crippen LogP contribution in [-0.4, -0.2) is 12.6 Å². The molecular formula is C18H20F3NO. The van der Waals surface area contributed by atoms with Crippen LogP contribution in [0, 0.1) is 6.92 Å². The second-order valence-electron chi connectivity index (χ2n) is 5.42. The van der Waals surface area contributed by atoms with Gasteiger partial charge >= 0.3 is 6.18 Å². The molecule has 1 unspecified atom stereocenters. The van der Waals surface area contributed by atoms with Crippen LogP contribution in [0.5, 0.6) is 5.75 Å². The van der Waals surface area contributed by atoms with Crippen molar-refractivity contribution in [3.63, 3.8) is 0 Å². The van der Waals surface area contributed by atoms with E-state index in [4.69, 9.17) is 4.74 Å². The third-order valence-electron chi connectivity index (χ3n) is 3.47. The van der Waals surface area contributed by atoms with E-state index in [9.17, 15) is 13.2 Å². The minimum absolute atomic E-state index is 0.119. The number of nitrogens with one attached hydrogen (secondary N) is 1. The molecule has 23 heavy (non-hydrogen) atoms. The van der Waals surface area contributed by atoms with Gasteiger partial charge in [0.1, 0.15) is 11.9 Å². The molecule has 2 aromatic carbocycles. The number of halogens is 3. The molecule has 0 aromatic heterocycles. The molecule has 0 bridgehead atoms. The predicted molar refractivity (Wildman–Crippen MR) is 85.8 cm³/mol. The normalized spacial score (nSPS) is 12.7. The van der Waals surface area contributed by atoms with Gasteiger partial charge in [-0.2, -0.15) is 13.2 Å². The Bertz CT molecular complexity index is 640. The van der Waals surface area contributed by atoms with Crippen LogP contribution >= 0.6 is 0 Å². The zero-order valence-corrected chi connectivity index (χ0v) is 13.2. The first kappa shape index (κ1) is 17.2. The van der Waals surface area contributed by atoms with Gasteiger partial charge < -0.3 is 10.1 Å². The Balaban J connectivity index is 1.98. The number of hydrogen-bond acceptors (Lipinski definition) is 2. The molecule has 0 aliphatic carbocycles. The quantitative estimate of drug-likeness (QED) is 0.780. The van der Waals surface area contributed by atoms with E-state index >= 15 is 0 Å². The summed E-state index contributed by atoms with van der Waals surface area (Å²) >= 11 is 0. The maximum absolute atomic E-state index is 12.7. The number of anilines is 1. The highest BCUT2D eigenvalue weighted by Crippen LogP contribution is 2.30. The van der Waals surface area contributed by atoms with Gasteiger partial charge in [0.25, 0.3) is 0 Å². The molecule has 2 rings (SSSR count). The highest BCUT2D eigenvalue weighted by atomic mass is 19.4. The average molecular weight is 323 g/mol. The summed E-state index contributed by atoms with van der Waals surface area (Å²) in [5.41, 5.74) is 0.879. The summed E-state index contributed by atoms with van der Waals surface area (Å²) in [6.45, 7) is 4.40. The van der Waals surface area contributed by atoms with E-state index < -0.39 is 11.7 Å². The van der Waals surface area contributed by atoms with Gasteiger partial charge in [-0.1, -0.05) is 25.1 Å². The van der Waals surface area contributed by atoms with Crippen LogP contribution in [0.15, 0.2) is 48.5 Å². The number of rotatable bonds is 6. The lowest BCUT2D eigenvalue weighted by molar-refractivity contribution is -0.137. The lowest BCUT2D eigenvalue weighted by atomic mass is 10.2. The zero-order chi connectivity index (χ0) is 16.9. The lowest BCUT2D eigenvalue weighted by Crippen LogP contribution is -2.25. The van der Waals surface area contributed by atoms with Crippen molar-refractivity contribution in [2.45, 2.75) is 32.5 Å². The number of benzene rings is 2. The van der Waals surface area contributed by atoms with Crippen molar-refractivity contribution < 1.29 is 17.9 Å². The largest absolute Gasteiger partial charge is 0.489 e. The third kappa shape index (κ3) is 5.20. The summed E-state index contributed by atoms with van der Waals surface area (Å²) in [7, 11) is 0. The summed E-state index contributed by atoms with van der Waals surface area (Å²) in [4.78, 5) is 0. The number of hydrogen-bond donors (Lipinski definition) is 1. The molecule has 2 aromatic rings. The molecule has 1 N–H and O–H groups in total. The van der Waals surface area contributed by atoms with Crippen molar-refractivity contribution in [3.8, 4) is 5.75 Å². The van der Waals surface area contributed by atoms with Crippen molar-refractivity contribution >= 4 is 5.69 Å². The zero-order valence-electron chi connectivity index (χ0n) is 13.2. The van der Waals surface area contributed by atoms with Gasteiger partial charge in [0.05, 0.1) is 12.1 Å². The van der Waals surface area contributed by atoms with Gasteiger partial charge in [0, 0.05) is 5.69 Å². The summed E-state index contributed by atoms with van der Waals surface area (Å²) in [6.07, 6.45) is -3.70. The molecule has 0 radical (unpaired) electrons. The van der Waals surface area contributed by atoms with Crippen LogP contribution in [0.1, 0.15) is 24.5 Å². The number of aryl methyl sites for hydroxylation is 1. The molecule has 0 amide bonds. The smallest absolute Gasteiger partial charge is 0.416 e. The van der Waals surface area contributed by atoms with Crippen molar-refractivity contribution in [3.05, 3.63) is 59.7 Å². The molecule has 1 atom stereocenters. The van der Waals surface area contributed by atoms with Crippen molar-refractivity contribution in [1.82, 2.24) is 0 Å². The summed E-state index contributed by atoms with van der Waals surface area (Å²) in [6, 6.07) is 12.9. The molecule has 0 fully saturated rings. The molecule has 0 aliphatic rings. The Morgan fingerprint density at radius 3 is 2.48 bits per heavy atom. The van der Waals surface area contributed by atoms with E-state index in [-0.39, 0.29) is 6.10 Å². The molecule has 2 nitrogen and oxygen atoms in total. The maximum atomic E-state index is 12.7. The molecule has 0 saturated carbocycles. The summed E-state index contributed by atoms with van der Waals surface area (Å²) < 4.78 is 44.0. The monoisotopic (exact) mass is 323 g/mol. The molecule has 124 valence electrons. The second kappa shape index (κ2) is 7.40. The van der Waals surface area contributed by atoms with Gasteiger partial charge in [-0.15, -0.1) is 0 Å². The molecule has 0 aliphatic heterocycles. The van der Waals surface area contributed by atoms with Crippen molar-refractivity contribution in [1.29, 1.82) is 0 Å². The second-order valence-corrected chi connectivity index (χ2v) is 5.42. The highest BCUT2D eigenvalue weighted by Gasteiger charge is 2.30. The van der Waals surface area contributed by atoms with Gasteiger partial charge in [0.15, 0.2) is 0 Å². The number of ether oxygens (including phenoxy) is 1. The highest BCUT2D eigenvalue weighted by molar-refractivity contribution is 5.46. The van der Waals surface area contributed by atoms with E-state index in [0.717, 1.165) is 29.9 Å². The van der Waals surface area contributed by atoms with E-state index in [1.807, 2.05) is 38.1 Å². The van der Waals surface area contributed by atoms with Crippen LogP contribution in [-0.2, 0) is 6.18 Å². The summed E-state index contributed by atoms with van der Waals surface area (Å²) in [5, 5.41) is 3.02. The lowest BCUT2D eigenvalue weighted by Gasteiger charge is -2.19.